The van der Waals surface area contributed by atoms with Crippen molar-refractivity contribution in [2.45, 2.75) is 13.3 Å². The lowest BCUT2D eigenvalue weighted by Gasteiger charge is -2.06. The van der Waals surface area contributed by atoms with E-state index in [9.17, 15) is 4.79 Å². The molecule has 4 aromatic heterocycles. The van der Waals surface area contributed by atoms with Crippen LogP contribution in [-0.2, 0) is 11.2 Å². The summed E-state index contributed by atoms with van der Waals surface area (Å²) in [5.41, 5.74) is 5.37. The van der Waals surface area contributed by atoms with E-state index in [1.54, 1.807) is 11.3 Å². The number of rotatable bonds is 7. The van der Waals surface area contributed by atoms with Crippen LogP contribution in [0.15, 0.2) is 77.9 Å². The Labute approximate surface area is 209 Å². The molecule has 6 rings (SSSR count). The molecule has 0 aliphatic heterocycles. The fourth-order valence-corrected chi connectivity index (χ4v) is 5.55. The van der Waals surface area contributed by atoms with E-state index in [-0.39, 0.29) is 12.3 Å². The molecule has 0 fully saturated rings. The van der Waals surface area contributed by atoms with Gasteiger partial charge in [0.05, 0.1) is 24.4 Å². The van der Waals surface area contributed by atoms with Crippen LogP contribution in [-0.4, -0.2) is 31.3 Å². The zero-order valence-electron chi connectivity index (χ0n) is 18.8. The van der Waals surface area contributed by atoms with Crippen molar-refractivity contribution in [1.29, 1.82) is 0 Å². The summed E-state index contributed by atoms with van der Waals surface area (Å²) in [6.07, 6.45) is 6.22. The van der Waals surface area contributed by atoms with Crippen LogP contribution in [0.25, 0.3) is 32.4 Å². The second-order valence-corrected chi connectivity index (χ2v) is 9.70. The number of carbonyl (C=O) groups is 1. The van der Waals surface area contributed by atoms with Crippen LogP contribution in [0.3, 0.4) is 0 Å². The fourth-order valence-electron chi connectivity index (χ4n) is 3.98. The molecule has 0 spiro atoms. The molecule has 0 saturated carbocycles. The molecule has 6 aromatic rings. The van der Waals surface area contributed by atoms with Gasteiger partial charge in [-0.25, -0.2) is 9.97 Å². The van der Waals surface area contributed by atoms with E-state index < -0.39 is 0 Å². The Morgan fingerprint density at radius 1 is 1.00 bits per heavy atom. The predicted molar refractivity (Wildman–Crippen MR) is 141 cm³/mol. The molecular weight excluding hydrogens is 478 g/mol. The summed E-state index contributed by atoms with van der Waals surface area (Å²) in [7, 11) is 0. The van der Waals surface area contributed by atoms with Gasteiger partial charge in [0.2, 0.25) is 5.91 Å². The number of nitrogens with zero attached hydrogens (tertiary/aromatic N) is 4. The van der Waals surface area contributed by atoms with Gasteiger partial charge < -0.3 is 10.1 Å². The quantitative estimate of drug-likeness (QED) is 0.292. The van der Waals surface area contributed by atoms with Gasteiger partial charge in [0.25, 0.3) is 0 Å². The van der Waals surface area contributed by atoms with Crippen LogP contribution in [0.2, 0.25) is 0 Å². The Balaban J connectivity index is 1.18. The summed E-state index contributed by atoms with van der Waals surface area (Å²) in [6, 6.07) is 15.7. The number of aromatic nitrogens is 4. The number of amides is 1. The number of ether oxygens (including phenoxy) is 1. The molecule has 7 nitrogen and oxygen atoms in total. The standard InChI is InChI=1S/C26H21N5O2S2/c1-2-33-21-8-6-17(7-9-21)23-15-31-20(16-35-26(31)29-23)13-24(32)27-19-5-3-4-18(12-19)22-14-30-10-11-34-25(30)28-22/h3-12,14-16H,2,13H2,1H3,(H,27,32). The van der Waals surface area contributed by atoms with Gasteiger partial charge in [0.15, 0.2) is 9.92 Å². The summed E-state index contributed by atoms with van der Waals surface area (Å²) < 4.78 is 9.51. The summed E-state index contributed by atoms with van der Waals surface area (Å²) in [5.74, 6) is 0.760. The van der Waals surface area contributed by atoms with Gasteiger partial charge >= 0.3 is 0 Å². The second kappa shape index (κ2) is 9.01. The number of imidazole rings is 2. The van der Waals surface area contributed by atoms with E-state index in [2.05, 4.69) is 10.3 Å². The maximum Gasteiger partial charge on any atom is 0.230 e. The number of hydrogen-bond acceptors (Lipinski definition) is 6. The van der Waals surface area contributed by atoms with Crippen LogP contribution in [0.1, 0.15) is 12.6 Å². The first-order chi connectivity index (χ1) is 17.2. The molecule has 35 heavy (non-hydrogen) atoms. The monoisotopic (exact) mass is 499 g/mol. The molecule has 0 saturated heterocycles. The van der Waals surface area contributed by atoms with Crippen LogP contribution in [0.5, 0.6) is 5.75 Å². The van der Waals surface area contributed by atoms with Gasteiger partial charge in [0.1, 0.15) is 5.75 Å². The van der Waals surface area contributed by atoms with Crippen LogP contribution < -0.4 is 10.1 Å². The van der Waals surface area contributed by atoms with E-state index in [0.717, 1.165) is 49.6 Å². The zero-order chi connectivity index (χ0) is 23.8. The number of nitrogens with one attached hydrogen (secondary N) is 1. The normalized spacial score (nSPS) is 11.3. The summed E-state index contributed by atoms with van der Waals surface area (Å²) in [4.78, 5) is 24.1. The van der Waals surface area contributed by atoms with Crippen LogP contribution >= 0.6 is 22.7 Å². The topological polar surface area (TPSA) is 72.9 Å². The van der Waals surface area contributed by atoms with Crippen molar-refractivity contribution in [2.24, 2.45) is 0 Å². The van der Waals surface area contributed by atoms with E-state index in [4.69, 9.17) is 9.72 Å². The molecule has 2 aromatic carbocycles. The van der Waals surface area contributed by atoms with Crippen LogP contribution in [0, 0.1) is 0 Å². The lowest BCUT2D eigenvalue weighted by molar-refractivity contribution is -0.115. The minimum atomic E-state index is -0.0796. The zero-order valence-corrected chi connectivity index (χ0v) is 20.5. The largest absolute Gasteiger partial charge is 0.494 e. The molecular formula is C26H21N5O2S2. The molecule has 1 N–H and O–H groups in total. The van der Waals surface area contributed by atoms with Gasteiger partial charge in [-0.1, -0.05) is 12.1 Å². The molecule has 174 valence electrons. The number of thiazole rings is 2. The van der Waals surface area contributed by atoms with Crippen molar-refractivity contribution >= 4 is 44.2 Å². The Morgan fingerprint density at radius 2 is 1.83 bits per heavy atom. The van der Waals surface area contributed by atoms with Crippen LogP contribution in [0.4, 0.5) is 5.69 Å². The van der Waals surface area contributed by atoms with Gasteiger partial charge in [-0.3, -0.25) is 13.6 Å². The highest BCUT2D eigenvalue weighted by Gasteiger charge is 2.14. The highest BCUT2D eigenvalue weighted by atomic mass is 32.1. The first kappa shape index (κ1) is 21.6. The summed E-state index contributed by atoms with van der Waals surface area (Å²) in [5, 5.41) is 7.02. The minimum absolute atomic E-state index is 0.0796. The maximum atomic E-state index is 12.9. The van der Waals surface area contributed by atoms with Crippen molar-refractivity contribution in [3.8, 4) is 28.3 Å². The Morgan fingerprint density at radius 3 is 2.66 bits per heavy atom. The van der Waals surface area contributed by atoms with Gasteiger partial charge in [-0.15, -0.1) is 22.7 Å². The fraction of sp³-hybridized carbons (Fsp3) is 0.115. The van der Waals surface area contributed by atoms with E-state index in [1.807, 2.05) is 93.6 Å². The molecule has 9 heteroatoms. The highest BCUT2D eigenvalue weighted by molar-refractivity contribution is 7.15. The predicted octanol–water partition coefficient (Wildman–Crippen LogP) is 6.02. The van der Waals surface area contributed by atoms with E-state index >= 15 is 0 Å². The smallest absolute Gasteiger partial charge is 0.230 e. The van der Waals surface area contributed by atoms with E-state index in [1.165, 1.54) is 11.3 Å². The molecule has 0 aliphatic carbocycles. The number of carbonyl (C=O) groups excluding carboxylic acids is 1. The number of benzene rings is 2. The lowest BCUT2D eigenvalue weighted by atomic mass is 10.1. The molecule has 1 amide bonds. The average Bonchev–Trinajstić information content (AvgIpc) is 3.62. The Kier molecular flexibility index (Phi) is 5.55. The van der Waals surface area contributed by atoms with Crippen molar-refractivity contribution in [1.82, 2.24) is 18.8 Å². The number of fused-ring (bicyclic) bond motifs is 2. The van der Waals surface area contributed by atoms with Crippen molar-refractivity contribution in [2.75, 3.05) is 11.9 Å². The maximum absolute atomic E-state index is 12.9. The molecule has 0 bridgehead atoms. The molecule has 4 heterocycles. The first-order valence-electron chi connectivity index (χ1n) is 11.2. The SMILES string of the molecule is CCOc1ccc(-c2cn3c(CC(=O)Nc4cccc(-c5cn6ccsc6n5)c4)csc3n2)cc1. The minimum Gasteiger partial charge on any atom is -0.494 e. The molecule has 0 aliphatic rings. The molecule has 0 atom stereocenters. The average molecular weight is 500 g/mol. The van der Waals surface area contributed by atoms with E-state index in [0.29, 0.717) is 6.61 Å². The third-order valence-corrected chi connectivity index (χ3v) is 7.28. The number of hydrogen-bond donors (Lipinski definition) is 1. The highest BCUT2D eigenvalue weighted by Crippen LogP contribution is 2.27. The first-order valence-corrected chi connectivity index (χ1v) is 12.9. The third kappa shape index (κ3) is 4.31. The summed E-state index contributed by atoms with van der Waals surface area (Å²) >= 11 is 3.12. The summed E-state index contributed by atoms with van der Waals surface area (Å²) in [6.45, 7) is 2.60. The Hall–Kier alpha value is -3.95. The van der Waals surface area contributed by atoms with Crippen molar-refractivity contribution in [3.63, 3.8) is 0 Å². The third-order valence-electron chi connectivity index (χ3n) is 5.62. The van der Waals surface area contributed by atoms with Gasteiger partial charge in [-0.05, 0) is 43.3 Å². The Bertz CT molecular complexity index is 1610. The van der Waals surface area contributed by atoms with Crippen molar-refractivity contribution < 1.29 is 9.53 Å². The molecule has 0 radical (unpaired) electrons. The van der Waals surface area contributed by atoms with Gasteiger partial charge in [-0.2, -0.15) is 0 Å². The molecule has 0 unspecified atom stereocenters. The lowest BCUT2D eigenvalue weighted by Crippen LogP contribution is -2.15. The van der Waals surface area contributed by atoms with Gasteiger partial charge in [0, 0.05) is 51.9 Å². The number of anilines is 1. The van der Waals surface area contributed by atoms with Crippen molar-refractivity contribution in [3.05, 3.63) is 83.6 Å². The second-order valence-electron chi connectivity index (χ2n) is 7.99.